The molecule has 5 aliphatic heterocycles. The van der Waals surface area contributed by atoms with E-state index in [1.54, 1.807) is 36.6 Å². The topological polar surface area (TPSA) is 283 Å². The van der Waals surface area contributed by atoms with Gasteiger partial charge in [0.05, 0.1) is 180 Å². The summed E-state index contributed by atoms with van der Waals surface area (Å²) in [5, 5.41) is 7.01. The van der Waals surface area contributed by atoms with E-state index in [0.29, 0.717) is 243 Å². The molecule has 3 aromatic carbocycles. The summed E-state index contributed by atoms with van der Waals surface area (Å²) in [5.74, 6) is 0.726. The second-order valence-corrected chi connectivity index (χ2v) is 23.6. The number of carbonyl (C=O) groups excluding carboxylic acids is 5. The van der Waals surface area contributed by atoms with Gasteiger partial charge in [0, 0.05) is 82.5 Å². The molecule has 27 nitrogen and oxygen atoms in total. The molecule has 548 valence electrons. The summed E-state index contributed by atoms with van der Waals surface area (Å²) in [4.78, 5) is 81.3. The number of hydrogen-bond donors (Lipinski definition) is 1. The first-order valence-corrected chi connectivity index (χ1v) is 34.4. The number of aryl methyl sites for hydroxylation is 1. The summed E-state index contributed by atoms with van der Waals surface area (Å²) in [6, 6.07) is 12.7. The third-order valence-corrected chi connectivity index (χ3v) is 15.9. The van der Waals surface area contributed by atoms with Gasteiger partial charge in [0.2, 0.25) is 5.91 Å². The van der Waals surface area contributed by atoms with Crippen LogP contribution < -0.4 is 19.5 Å². The maximum Gasteiger partial charge on any atom is 0.257 e. The predicted molar refractivity (Wildman–Crippen MR) is 374 cm³/mol. The molecule has 8 rings (SSSR count). The van der Waals surface area contributed by atoms with Crippen LogP contribution >= 0.6 is 0 Å². The van der Waals surface area contributed by atoms with Crippen molar-refractivity contribution < 1.29 is 95.1 Å². The number of aliphatic imine (C=N–C) groups is 2. The summed E-state index contributed by atoms with van der Waals surface area (Å²) in [7, 11) is 1.54. The van der Waals surface area contributed by atoms with E-state index in [2.05, 4.69) is 28.6 Å². The molecule has 3 aromatic rings. The number of nitrogens with zero attached hydrogens (tertiary/aromatic N) is 6. The van der Waals surface area contributed by atoms with Crippen LogP contribution in [0.2, 0.25) is 0 Å². The van der Waals surface area contributed by atoms with Gasteiger partial charge >= 0.3 is 0 Å². The minimum absolute atomic E-state index is 0.0288. The van der Waals surface area contributed by atoms with Gasteiger partial charge in [0.1, 0.15) is 25.6 Å². The highest BCUT2D eigenvalue weighted by atomic mass is 16.6. The Kier molecular flexibility index (Phi) is 36.5. The number of carbonyl (C=O) groups is 5. The fourth-order valence-electron chi connectivity index (χ4n) is 10.8. The maximum absolute atomic E-state index is 13.5. The second kappa shape index (κ2) is 45.9. The number of nitrogens with one attached hydrogen (secondary N) is 1. The normalized spacial score (nSPS) is 16.1. The van der Waals surface area contributed by atoms with E-state index in [-0.39, 0.29) is 61.4 Å². The average Bonchev–Trinajstić information content (AvgIpc) is 1.61. The Hall–Kier alpha value is -7.80. The van der Waals surface area contributed by atoms with Crippen LogP contribution in [0.4, 0.5) is 11.4 Å². The van der Waals surface area contributed by atoms with Crippen LogP contribution in [0.15, 0.2) is 94.1 Å². The number of methoxy groups -OCH3 is 1. The van der Waals surface area contributed by atoms with Gasteiger partial charge < -0.3 is 86.3 Å². The Labute approximate surface area is 587 Å². The molecule has 27 heteroatoms. The van der Waals surface area contributed by atoms with Gasteiger partial charge in [-0.2, -0.15) is 0 Å². The smallest absolute Gasteiger partial charge is 0.257 e. The lowest BCUT2D eigenvalue weighted by molar-refractivity contribution is -0.137. The molecule has 5 heterocycles. The Morgan fingerprint density at radius 1 is 0.540 bits per heavy atom. The van der Waals surface area contributed by atoms with Crippen LogP contribution in [-0.2, 0) is 84.5 Å². The molecule has 0 aromatic heterocycles. The number of amides is 5. The van der Waals surface area contributed by atoms with Crippen molar-refractivity contribution in [3.05, 3.63) is 112 Å². The quantitative estimate of drug-likeness (QED) is 0.0191. The molecule has 5 aliphatic rings. The van der Waals surface area contributed by atoms with Gasteiger partial charge in [-0.25, -0.2) is 0 Å². The summed E-state index contributed by atoms with van der Waals surface area (Å²) in [6.45, 7) is 27.7. The zero-order valence-electron chi connectivity index (χ0n) is 58.6. The van der Waals surface area contributed by atoms with Crippen molar-refractivity contribution in [3.8, 4) is 17.2 Å². The molecule has 2 atom stereocenters. The van der Waals surface area contributed by atoms with E-state index in [0.717, 1.165) is 39.8 Å². The van der Waals surface area contributed by atoms with Crippen molar-refractivity contribution in [2.24, 2.45) is 15.1 Å². The van der Waals surface area contributed by atoms with Crippen LogP contribution in [0, 0.1) is 6.92 Å². The van der Waals surface area contributed by atoms with Crippen LogP contribution in [0.3, 0.4) is 0 Å². The molecular weight excluding hydrogens is 1290 g/mol. The highest BCUT2D eigenvalue weighted by molar-refractivity contribution is 6.13. The number of oxime groups is 1. The summed E-state index contributed by atoms with van der Waals surface area (Å²) in [5.41, 5.74) is 7.29. The van der Waals surface area contributed by atoms with Crippen molar-refractivity contribution in [1.29, 1.82) is 0 Å². The van der Waals surface area contributed by atoms with Crippen LogP contribution in [0.1, 0.15) is 95.3 Å². The lowest BCUT2D eigenvalue weighted by atomic mass is 10.1. The zero-order valence-corrected chi connectivity index (χ0v) is 58.6. The summed E-state index contributed by atoms with van der Waals surface area (Å²) in [6.07, 6.45) is 11.8. The first-order valence-electron chi connectivity index (χ1n) is 34.4. The molecule has 0 unspecified atom stereocenters. The number of unbranched alkanes of at least 4 members (excludes halogenated alkanes) is 2. The largest absolute Gasteiger partial charge is 0.493 e. The van der Waals surface area contributed by atoms with E-state index < -0.39 is 0 Å². The van der Waals surface area contributed by atoms with Crippen molar-refractivity contribution in [1.82, 2.24) is 20.0 Å². The van der Waals surface area contributed by atoms with Crippen molar-refractivity contribution in [3.63, 3.8) is 0 Å². The van der Waals surface area contributed by atoms with Gasteiger partial charge in [-0.05, 0) is 99.0 Å². The molecule has 2 saturated heterocycles. The SMILES string of the molecule is C=C1C[C@H]2C=Nc3cc(OCc4cc(/C=N\OCCOCCOCCOCCOCCOCCOCC)cc(COc5cc6c(cc5OC)C(=O)N5CC(=C)C[C@H]5C=N6)c4)c(C)cc3C(=O)N2C1.CCOCCOCCOCCOCCOCCNC(=O)CCCCCN1C(=O)C=CC1=O. The van der Waals surface area contributed by atoms with Gasteiger partial charge in [-0.3, -0.25) is 38.9 Å². The highest BCUT2D eigenvalue weighted by Crippen LogP contribution is 2.40. The van der Waals surface area contributed by atoms with Crippen LogP contribution in [-0.4, -0.2) is 260 Å². The molecular formula is C73H101N7O20. The van der Waals surface area contributed by atoms with Gasteiger partial charge in [0.15, 0.2) is 11.5 Å². The lowest BCUT2D eigenvalue weighted by Gasteiger charge is -2.20. The number of rotatable bonds is 50. The molecule has 0 radical (unpaired) electrons. The standard InChI is InChI=1S/C51H63N5O12.C22H38N2O8/c1-6-60-7-8-61-9-10-62-11-12-63-13-14-64-15-16-65-17-18-68-54-28-38-22-39(33-66-47-26-45-43(21-37(47)4)50(57)55-31-35(2)19-41(55)29-52-45)24-40(23-38)34-67-49-27-46-44(25-48(49)59-5)51(58)56-32-36(3)20-42(56)30-53-46;1-2-28-12-13-30-16-17-32-19-18-31-15-14-29-11-9-23-20(25)6-4-3-5-10-24-21(26)7-8-22(24)27/h21-30,41-42H,2-3,6-20,31-34H2,1,4-5H3;7-8H,2-6,9-19H2,1H3,(H,23,25)/b54-28-;/t41-,42-;/m0./s1. The van der Waals surface area contributed by atoms with E-state index in [1.807, 2.05) is 62.2 Å². The van der Waals surface area contributed by atoms with E-state index in [4.69, 9.17) is 76.1 Å². The maximum atomic E-state index is 13.5. The molecule has 0 aliphatic carbocycles. The third kappa shape index (κ3) is 28.0. The molecule has 0 saturated carbocycles. The molecule has 0 spiro atoms. The highest BCUT2D eigenvalue weighted by Gasteiger charge is 2.36. The number of hydrogen-bond acceptors (Lipinski definition) is 23. The van der Waals surface area contributed by atoms with Crippen molar-refractivity contribution in [2.75, 3.05) is 185 Å². The van der Waals surface area contributed by atoms with E-state index >= 15 is 0 Å². The van der Waals surface area contributed by atoms with Crippen molar-refractivity contribution >= 4 is 59.6 Å². The number of fused-ring (bicyclic) bond motifs is 4. The van der Waals surface area contributed by atoms with Gasteiger partial charge in [0.25, 0.3) is 23.6 Å². The van der Waals surface area contributed by atoms with Gasteiger partial charge in [-0.15, -0.1) is 0 Å². The first kappa shape index (κ1) is 79.5. The second-order valence-electron chi connectivity index (χ2n) is 23.6. The Morgan fingerprint density at radius 2 is 0.980 bits per heavy atom. The van der Waals surface area contributed by atoms with E-state index in [1.165, 1.54) is 17.1 Å². The fraction of sp³-hybridized carbons (Fsp3) is 0.562. The Bertz CT molecular complexity index is 3200. The fourth-order valence-corrected chi connectivity index (χ4v) is 10.8. The monoisotopic (exact) mass is 1400 g/mol. The van der Waals surface area contributed by atoms with Gasteiger partial charge in [-0.1, -0.05) is 35.9 Å². The minimum atomic E-state index is -0.263. The molecule has 0 bridgehead atoms. The number of benzene rings is 3. The van der Waals surface area contributed by atoms with Crippen LogP contribution in [0.25, 0.3) is 0 Å². The molecule has 5 amide bonds. The Balaban J connectivity index is 0.000000369. The lowest BCUT2D eigenvalue weighted by Crippen LogP contribution is -2.35. The summed E-state index contributed by atoms with van der Waals surface area (Å²) < 4.78 is 78.0. The van der Waals surface area contributed by atoms with Crippen molar-refractivity contribution in [2.45, 2.75) is 84.6 Å². The zero-order chi connectivity index (χ0) is 70.9. The molecule has 1 N–H and O–H groups in total. The number of ether oxygens (including phenoxy) is 14. The number of imide groups is 1. The predicted octanol–water partition coefficient (Wildman–Crippen LogP) is 7.30. The Morgan fingerprint density at radius 3 is 1.46 bits per heavy atom. The van der Waals surface area contributed by atoms with E-state index in [9.17, 15) is 24.0 Å². The average molecular weight is 1400 g/mol. The molecule has 100 heavy (non-hydrogen) atoms. The first-order chi connectivity index (χ1) is 48.8. The minimum Gasteiger partial charge on any atom is -0.493 e. The summed E-state index contributed by atoms with van der Waals surface area (Å²) >= 11 is 0. The molecule has 2 fully saturated rings. The third-order valence-electron chi connectivity index (χ3n) is 15.9. The van der Waals surface area contributed by atoms with Crippen LogP contribution in [0.5, 0.6) is 17.2 Å².